The van der Waals surface area contributed by atoms with Gasteiger partial charge < -0.3 is 22.1 Å². The van der Waals surface area contributed by atoms with Crippen LogP contribution in [0.4, 0.5) is 11.8 Å². The van der Waals surface area contributed by atoms with Crippen molar-refractivity contribution in [2.24, 2.45) is 23.3 Å². The minimum Gasteiger partial charge on any atom is -0.383 e. The smallest absolute Gasteiger partial charge is 0.268 e. The molecule has 3 rings (SSSR count). The van der Waals surface area contributed by atoms with Crippen LogP contribution in [-0.4, -0.2) is 35.5 Å². The highest BCUT2D eigenvalue weighted by molar-refractivity contribution is 6.44. The first kappa shape index (κ1) is 23.6. The van der Waals surface area contributed by atoms with E-state index in [0.29, 0.717) is 33.9 Å². The predicted octanol–water partition coefficient (Wildman–Crippen LogP) is 4.11. The zero-order valence-electron chi connectivity index (χ0n) is 17.9. The minimum absolute atomic E-state index is 0.0155. The molecule has 1 aromatic carbocycles. The van der Waals surface area contributed by atoms with Crippen LogP contribution in [0.3, 0.4) is 0 Å². The van der Waals surface area contributed by atoms with Gasteiger partial charge in [0.05, 0.1) is 15.6 Å². The fourth-order valence-electron chi connectivity index (χ4n) is 4.44. The van der Waals surface area contributed by atoms with Crippen molar-refractivity contribution in [3.8, 4) is 11.1 Å². The van der Waals surface area contributed by atoms with Gasteiger partial charge in [-0.25, -0.2) is 4.98 Å². The summed E-state index contributed by atoms with van der Waals surface area (Å²) in [6.07, 6.45) is 5.46. The number of anilines is 2. The van der Waals surface area contributed by atoms with Crippen LogP contribution < -0.4 is 22.1 Å². The van der Waals surface area contributed by atoms with E-state index in [1.54, 1.807) is 18.2 Å². The van der Waals surface area contributed by atoms with Gasteiger partial charge in [-0.3, -0.25) is 4.79 Å². The predicted molar refractivity (Wildman–Crippen MR) is 127 cm³/mol. The van der Waals surface area contributed by atoms with Gasteiger partial charge in [0.2, 0.25) is 5.95 Å². The molecular formula is C22H30Cl2N6O. The van der Waals surface area contributed by atoms with Gasteiger partial charge in [0, 0.05) is 25.2 Å². The molecule has 0 radical (unpaired) electrons. The lowest BCUT2D eigenvalue weighted by atomic mass is 9.84. The summed E-state index contributed by atoms with van der Waals surface area (Å²) in [5, 5.41) is 0.603. The average molecular weight is 465 g/mol. The minimum atomic E-state index is -0.711. The Morgan fingerprint density at radius 2 is 1.97 bits per heavy atom. The zero-order chi connectivity index (χ0) is 22.7. The second-order valence-corrected chi connectivity index (χ2v) is 9.40. The molecule has 1 aromatic heterocycles. The quantitative estimate of drug-likeness (QED) is 0.611. The van der Waals surface area contributed by atoms with Crippen LogP contribution in [0.25, 0.3) is 11.1 Å². The summed E-state index contributed by atoms with van der Waals surface area (Å²) in [6, 6.07) is 5.26. The molecule has 7 nitrogen and oxygen atoms in total. The molecule has 0 aliphatic heterocycles. The Labute approximate surface area is 193 Å². The van der Waals surface area contributed by atoms with Crippen molar-refractivity contribution in [1.82, 2.24) is 9.97 Å². The summed E-state index contributed by atoms with van der Waals surface area (Å²) in [7, 11) is 1.89. The van der Waals surface area contributed by atoms with Crippen LogP contribution >= 0.6 is 23.2 Å². The van der Waals surface area contributed by atoms with Crippen molar-refractivity contribution in [2.45, 2.75) is 45.1 Å². The van der Waals surface area contributed by atoms with Gasteiger partial charge in [0.15, 0.2) is 0 Å². The van der Waals surface area contributed by atoms with E-state index < -0.39 is 5.91 Å². The number of halogens is 2. The number of nitrogen functional groups attached to an aromatic ring is 1. The third-order valence-electron chi connectivity index (χ3n) is 5.90. The van der Waals surface area contributed by atoms with Gasteiger partial charge in [0.25, 0.3) is 5.91 Å². The topological polar surface area (TPSA) is 124 Å². The second kappa shape index (κ2) is 10.0. The van der Waals surface area contributed by atoms with Crippen LogP contribution in [0.15, 0.2) is 18.2 Å². The molecule has 0 spiro atoms. The number of rotatable bonds is 5. The largest absolute Gasteiger partial charge is 0.383 e. The monoisotopic (exact) mass is 464 g/mol. The standard InChI is InChI=1S/C22H30Cl2N6O/c1-12-5-3-6-13(10-14(25)9-12)11-30(2)22-28-19(21(27)31)17(20(26)29-22)15-7-4-8-16(23)18(15)24/h4,7-8,12-14H,3,5-6,9-11,25H2,1-2H3,(H2,27,31)(H2,26,28,29). The van der Waals surface area contributed by atoms with E-state index >= 15 is 0 Å². The number of hydrogen-bond acceptors (Lipinski definition) is 6. The van der Waals surface area contributed by atoms with Gasteiger partial charge in [-0.05, 0) is 37.2 Å². The number of carbonyl (C=O) groups excluding carboxylic acids is 1. The van der Waals surface area contributed by atoms with Gasteiger partial charge >= 0.3 is 0 Å². The maximum absolute atomic E-state index is 12.2. The van der Waals surface area contributed by atoms with Crippen molar-refractivity contribution < 1.29 is 4.79 Å². The number of aromatic nitrogens is 2. The molecule has 0 saturated heterocycles. The number of benzene rings is 1. The second-order valence-electron chi connectivity index (χ2n) is 8.61. The highest BCUT2D eigenvalue weighted by Gasteiger charge is 2.25. The summed E-state index contributed by atoms with van der Waals surface area (Å²) in [6.45, 7) is 2.99. The summed E-state index contributed by atoms with van der Waals surface area (Å²) in [5.74, 6) is 0.837. The Morgan fingerprint density at radius 3 is 2.68 bits per heavy atom. The number of carbonyl (C=O) groups is 1. The van der Waals surface area contributed by atoms with Crippen LogP contribution in [-0.2, 0) is 0 Å². The first-order valence-corrected chi connectivity index (χ1v) is 11.3. The molecule has 0 bridgehead atoms. The van der Waals surface area contributed by atoms with Gasteiger partial charge in [0.1, 0.15) is 11.5 Å². The summed E-state index contributed by atoms with van der Waals surface area (Å²) < 4.78 is 0. The van der Waals surface area contributed by atoms with Crippen LogP contribution in [0.2, 0.25) is 10.0 Å². The number of nitrogens with two attached hydrogens (primary N) is 3. The normalized spacial score (nSPS) is 21.9. The SMILES string of the molecule is CC1CCCC(CN(C)c2nc(N)c(-c3cccc(Cl)c3Cl)c(C(N)=O)n2)CC(N)C1. The molecule has 1 heterocycles. The number of amides is 1. The van der Waals surface area contributed by atoms with Crippen molar-refractivity contribution in [1.29, 1.82) is 0 Å². The maximum Gasteiger partial charge on any atom is 0.268 e. The van der Waals surface area contributed by atoms with Crippen LogP contribution in [0.5, 0.6) is 0 Å². The van der Waals surface area contributed by atoms with E-state index in [-0.39, 0.29) is 22.6 Å². The van der Waals surface area contributed by atoms with Gasteiger partial charge in [-0.15, -0.1) is 0 Å². The van der Waals surface area contributed by atoms with E-state index in [4.69, 9.17) is 40.4 Å². The third-order valence-corrected chi connectivity index (χ3v) is 6.72. The molecule has 1 aliphatic rings. The number of nitrogens with zero attached hydrogens (tertiary/aromatic N) is 3. The van der Waals surface area contributed by atoms with Crippen molar-refractivity contribution in [3.63, 3.8) is 0 Å². The molecule has 6 N–H and O–H groups in total. The fraction of sp³-hybridized carbons (Fsp3) is 0.500. The lowest BCUT2D eigenvalue weighted by molar-refractivity contribution is 0.0996. The van der Waals surface area contributed by atoms with E-state index in [9.17, 15) is 4.79 Å². The van der Waals surface area contributed by atoms with E-state index in [1.165, 1.54) is 12.8 Å². The summed E-state index contributed by atoms with van der Waals surface area (Å²) in [4.78, 5) is 23.0. The van der Waals surface area contributed by atoms with Gasteiger partial charge in [-0.1, -0.05) is 55.1 Å². The average Bonchev–Trinajstić information content (AvgIpc) is 2.68. The van der Waals surface area contributed by atoms with Crippen LogP contribution in [0, 0.1) is 11.8 Å². The Bertz CT molecular complexity index is 954. The molecule has 9 heteroatoms. The molecule has 168 valence electrons. The first-order valence-electron chi connectivity index (χ1n) is 10.6. The third kappa shape index (κ3) is 5.59. The van der Waals surface area contributed by atoms with E-state index in [0.717, 1.165) is 25.8 Å². The Morgan fingerprint density at radius 1 is 1.23 bits per heavy atom. The number of hydrogen-bond donors (Lipinski definition) is 3. The molecule has 1 aliphatic carbocycles. The molecule has 3 atom stereocenters. The van der Waals surface area contributed by atoms with Crippen molar-refractivity contribution in [2.75, 3.05) is 24.2 Å². The fourth-order valence-corrected chi connectivity index (χ4v) is 4.84. The number of primary amides is 1. The Hall–Kier alpha value is -2.09. The van der Waals surface area contributed by atoms with Gasteiger partial charge in [-0.2, -0.15) is 4.98 Å². The Kier molecular flexibility index (Phi) is 7.62. The molecule has 3 unspecified atom stereocenters. The van der Waals surface area contributed by atoms with Crippen molar-refractivity contribution in [3.05, 3.63) is 33.9 Å². The van der Waals surface area contributed by atoms with Crippen molar-refractivity contribution >= 4 is 40.9 Å². The van der Waals surface area contributed by atoms with E-state index in [1.807, 2.05) is 11.9 Å². The maximum atomic E-state index is 12.2. The van der Waals surface area contributed by atoms with E-state index in [2.05, 4.69) is 16.9 Å². The zero-order valence-corrected chi connectivity index (χ0v) is 19.5. The molecule has 1 saturated carbocycles. The highest BCUT2D eigenvalue weighted by atomic mass is 35.5. The molecule has 2 aromatic rings. The molecule has 1 fully saturated rings. The summed E-state index contributed by atoms with van der Waals surface area (Å²) >= 11 is 12.5. The highest BCUT2D eigenvalue weighted by Crippen LogP contribution is 2.38. The lowest BCUT2D eigenvalue weighted by Crippen LogP contribution is -2.34. The summed E-state index contributed by atoms with van der Waals surface area (Å²) in [5.41, 5.74) is 19.0. The molecule has 31 heavy (non-hydrogen) atoms. The molecule has 1 amide bonds. The Balaban J connectivity index is 1.90. The van der Waals surface area contributed by atoms with Crippen LogP contribution in [0.1, 0.15) is 49.5 Å². The molecular weight excluding hydrogens is 435 g/mol. The lowest BCUT2D eigenvalue weighted by Gasteiger charge is -2.30. The first-order chi connectivity index (χ1) is 14.7.